The number of halogens is 1. The molecule has 1 unspecified atom stereocenters. The predicted octanol–water partition coefficient (Wildman–Crippen LogP) is 5.88. The average Bonchev–Trinajstić information content (AvgIpc) is 2.40. The molecule has 0 aromatic heterocycles. The summed E-state index contributed by atoms with van der Waals surface area (Å²) in [5.74, 6) is 1.88. The highest BCUT2D eigenvalue weighted by atomic mass is 79.9. The molecule has 1 saturated carbocycles. The quantitative estimate of drug-likeness (QED) is 0.614. The van der Waals surface area contributed by atoms with Gasteiger partial charge in [0, 0.05) is 4.83 Å². The van der Waals surface area contributed by atoms with Gasteiger partial charge >= 0.3 is 0 Å². The average molecular weight is 325 g/mol. The molecule has 2 rings (SSSR count). The Morgan fingerprint density at radius 3 is 2.32 bits per heavy atom. The van der Waals surface area contributed by atoms with Crippen LogP contribution in [0.5, 0.6) is 5.75 Å². The van der Waals surface area contributed by atoms with Gasteiger partial charge in [-0.1, -0.05) is 60.2 Å². The second kappa shape index (κ2) is 7.33. The van der Waals surface area contributed by atoms with Crippen molar-refractivity contribution in [2.45, 2.75) is 63.3 Å². The first-order valence-corrected chi connectivity index (χ1v) is 8.47. The van der Waals surface area contributed by atoms with Crippen LogP contribution in [0.1, 0.15) is 62.8 Å². The highest BCUT2D eigenvalue weighted by molar-refractivity contribution is 9.09. The van der Waals surface area contributed by atoms with Crippen LogP contribution in [0.2, 0.25) is 0 Å². The number of benzene rings is 1. The van der Waals surface area contributed by atoms with Gasteiger partial charge in [0.2, 0.25) is 0 Å². The minimum Gasteiger partial charge on any atom is -0.491 e. The largest absolute Gasteiger partial charge is 0.491 e. The van der Waals surface area contributed by atoms with Crippen LogP contribution in [0.3, 0.4) is 0 Å². The van der Waals surface area contributed by atoms with Gasteiger partial charge in [0.05, 0.1) is 6.10 Å². The Kier molecular flexibility index (Phi) is 5.75. The van der Waals surface area contributed by atoms with Crippen molar-refractivity contribution in [1.82, 2.24) is 0 Å². The van der Waals surface area contributed by atoms with E-state index in [4.69, 9.17) is 4.74 Å². The summed E-state index contributed by atoms with van der Waals surface area (Å²) >= 11 is 3.86. The SMILES string of the molecule is CC(C)Oc1ccc(C(Br)CC2CCCCC2)cc1. The van der Waals surface area contributed by atoms with Gasteiger partial charge in [-0.15, -0.1) is 0 Å². The van der Waals surface area contributed by atoms with E-state index in [1.54, 1.807) is 0 Å². The molecule has 0 N–H and O–H groups in total. The molecule has 2 heteroatoms. The number of rotatable bonds is 5. The summed E-state index contributed by atoms with van der Waals surface area (Å²) in [6.45, 7) is 4.12. The Morgan fingerprint density at radius 2 is 1.74 bits per heavy atom. The van der Waals surface area contributed by atoms with Crippen LogP contribution in [0, 0.1) is 5.92 Å². The number of alkyl halides is 1. The molecule has 0 amide bonds. The molecule has 1 aliphatic rings. The van der Waals surface area contributed by atoms with Crippen molar-refractivity contribution in [2.75, 3.05) is 0 Å². The Bertz CT molecular complexity index is 365. The first-order valence-electron chi connectivity index (χ1n) is 7.56. The lowest BCUT2D eigenvalue weighted by atomic mass is 9.85. The Labute approximate surface area is 125 Å². The molecular formula is C17H25BrO. The zero-order chi connectivity index (χ0) is 13.7. The van der Waals surface area contributed by atoms with Crippen LogP contribution in [-0.2, 0) is 0 Å². The van der Waals surface area contributed by atoms with E-state index in [-0.39, 0.29) is 6.10 Å². The number of hydrogen-bond donors (Lipinski definition) is 0. The van der Waals surface area contributed by atoms with E-state index in [1.165, 1.54) is 44.1 Å². The van der Waals surface area contributed by atoms with Crippen molar-refractivity contribution in [3.05, 3.63) is 29.8 Å². The lowest BCUT2D eigenvalue weighted by Gasteiger charge is -2.24. The molecule has 1 aromatic carbocycles. The van der Waals surface area contributed by atoms with Gasteiger partial charge in [-0.2, -0.15) is 0 Å². The molecule has 0 spiro atoms. The van der Waals surface area contributed by atoms with Gasteiger partial charge in [-0.05, 0) is 43.9 Å². The van der Waals surface area contributed by atoms with E-state index in [2.05, 4.69) is 54.0 Å². The molecule has 1 fully saturated rings. The zero-order valence-electron chi connectivity index (χ0n) is 12.1. The van der Waals surface area contributed by atoms with Crippen molar-refractivity contribution >= 4 is 15.9 Å². The monoisotopic (exact) mass is 324 g/mol. The van der Waals surface area contributed by atoms with Crippen LogP contribution in [0.15, 0.2) is 24.3 Å². The molecule has 0 saturated heterocycles. The van der Waals surface area contributed by atoms with E-state index in [0.29, 0.717) is 4.83 Å². The standard InChI is InChI=1S/C17H25BrO/c1-13(2)19-16-10-8-15(9-11-16)17(18)12-14-6-4-3-5-7-14/h8-11,13-14,17H,3-7,12H2,1-2H3. The van der Waals surface area contributed by atoms with Crippen molar-refractivity contribution in [3.8, 4) is 5.75 Å². The third-order valence-corrected chi connectivity index (χ3v) is 4.78. The van der Waals surface area contributed by atoms with Gasteiger partial charge in [0.15, 0.2) is 0 Å². The summed E-state index contributed by atoms with van der Waals surface area (Å²) in [4.78, 5) is 0.490. The molecule has 1 aromatic rings. The predicted molar refractivity (Wildman–Crippen MR) is 85.1 cm³/mol. The third kappa shape index (κ3) is 4.83. The van der Waals surface area contributed by atoms with Crippen molar-refractivity contribution in [3.63, 3.8) is 0 Å². The van der Waals surface area contributed by atoms with E-state index in [1.807, 2.05) is 0 Å². The highest BCUT2D eigenvalue weighted by Gasteiger charge is 2.18. The second-order valence-electron chi connectivity index (χ2n) is 5.94. The minimum atomic E-state index is 0.243. The Balaban J connectivity index is 1.89. The summed E-state index contributed by atoms with van der Waals surface area (Å²) < 4.78 is 5.68. The maximum absolute atomic E-state index is 5.68. The van der Waals surface area contributed by atoms with E-state index >= 15 is 0 Å². The zero-order valence-corrected chi connectivity index (χ0v) is 13.7. The van der Waals surface area contributed by atoms with Crippen LogP contribution in [-0.4, -0.2) is 6.10 Å². The van der Waals surface area contributed by atoms with Gasteiger partial charge in [0.25, 0.3) is 0 Å². The molecule has 106 valence electrons. The number of hydrogen-bond acceptors (Lipinski definition) is 1. The Hall–Kier alpha value is -0.500. The van der Waals surface area contributed by atoms with Crippen molar-refractivity contribution in [1.29, 1.82) is 0 Å². The molecule has 0 aliphatic heterocycles. The Morgan fingerprint density at radius 1 is 1.11 bits per heavy atom. The molecule has 19 heavy (non-hydrogen) atoms. The molecule has 1 atom stereocenters. The molecule has 1 nitrogen and oxygen atoms in total. The van der Waals surface area contributed by atoms with Crippen LogP contribution < -0.4 is 4.74 Å². The van der Waals surface area contributed by atoms with E-state index in [0.717, 1.165) is 11.7 Å². The van der Waals surface area contributed by atoms with Gasteiger partial charge < -0.3 is 4.74 Å². The second-order valence-corrected chi connectivity index (χ2v) is 7.05. The van der Waals surface area contributed by atoms with E-state index < -0.39 is 0 Å². The maximum atomic E-state index is 5.68. The number of ether oxygens (including phenoxy) is 1. The summed E-state index contributed by atoms with van der Waals surface area (Å²) in [5.41, 5.74) is 1.38. The summed E-state index contributed by atoms with van der Waals surface area (Å²) in [5, 5.41) is 0. The van der Waals surface area contributed by atoms with Crippen molar-refractivity contribution < 1.29 is 4.74 Å². The molecule has 0 radical (unpaired) electrons. The summed E-state index contributed by atoms with van der Waals surface area (Å²) in [6.07, 6.45) is 8.62. The molecule has 1 aliphatic carbocycles. The molecule has 0 heterocycles. The fourth-order valence-electron chi connectivity index (χ4n) is 2.88. The fraction of sp³-hybridized carbons (Fsp3) is 0.647. The molecular weight excluding hydrogens is 300 g/mol. The molecule has 0 bridgehead atoms. The fourth-order valence-corrected chi connectivity index (χ4v) is 3.71. The van der Waals surface area contributed by atoms with Gasteiger partial charge in [-0.3, -0.25) is 0 Å². The third-order valence-electron chi connectivity index (χ3n) is 3.88. The first-order chi connectivity index (χ1) is 9.15. The van der Waals surface area contributed by atoms with Gasteiger partial charge in [-0.25, -0.2) is 0 Å². The highest BCUT2D eigenvalue weighted by Crippen LogP contribution is 2.36. The summed E-state index contributed by atoms with van der Waals surface area (Å²) in [6, 6.07) is 8.56. The smallest absolute Gasteiger partial charge is 0.119 e. The first kappa shape index (κ1) is 14.9. The lowest BCUT2D eigenvalue weighted by molar-refractivity contribution is 0.242. The van der Waals surface area contributed by atoms with Crippen LogP contribution in [0.25, 0.3) is 0 Å². The maximum Gasteiger partial charge on any atom is 0.119 e. The van der Waals surface area contributed by atoms with E-state index in [9.17, 15) is 0 Å². The van der Waals surface area contributed by atoms with Gasteiger partial charge in [0.1, 0.15) is 5.75 Å². The summed E-state index contributed by atoms with van der Waals surface area (Å²) in [7, 11) is 0. The minimum absolute atomic E-state index is 0.243. The van der Waals surface area contributed by atoms with Crippen molar-refractivity contribution in [2.24, 2.45) is 5.92 Å². The van der Waals surface area contributed by atoms with Crippen LogP contribution >= 0.6 is 15.9 Å². The normalized spacial score (nSPS) is 18.5. The topological polar surface area (TPSA) is 9.23 Å². The van der Waals surface area contributed by atoms with Crippen LogP contribution in [0.4, 0.5) is 0 Å². The lowest BCUT2D eigenvalue weighted by Crippen LogP contribution is -2.09.